The van der Waals surface area contributed by atoms with Gasteiger partial charge in [0.25, 0.3) is 5.70 Å². The third kappa shape index (κ3) is 1.40. The van der Waals surface area contributed by atoms with Gasteiger partial charge in [-0.15, -0.1) is 0 Å². The molecule has 0 aliphatic heterocycles. The van der Waals surface area contributed by atoms with Gasteiger partial charge in [0.1, 0.15) is 0 Å². The Kier molecular flexibility index (Phi) is 1.68. The van der Waals surface area contributed by atoms with E-state index in [1.807, 2.05) is 0 Å². The van der Waals surface area contributed by atoms with Crippen molar-refractivity contribution in [2.45, 2.75) is 0 Å². The van der Waals surface area contributed by atoms with Gasteiger partial charge < -0.3 is 0 Å². The first kappa shape index (κ1) is 7.40. The zero-order valence-corrected chi connectivity index (χ0v) is 5.61. The van der Waals surface area contributed by atoms with Crippen molar-refractivity contribution in [2.75, 3.05) is 0 Å². The van der Waals surface area contributed by atoms with E-state index in [1.54, 1.807) is 0 Å². The molecule has 0 radical (unpaired) electrons. The first-order chi connectivity index (χ1) is 5.11. The van der Waals surface area contributed by atoms with Gasteiger partial charge in [0.2, 0.25) is 0 Å². The van der Waals surface area contributed by atoms with Crippen molar-refractivity contribution in [3.8, 4) is 0 Å². The fourth-order valence-electron chi connectivity index (χ4n) is 0.657. The number of allylic oxidation sites excluding steroid dienone is 4. The van der Waals surface area contributed by atoms with Gasteiger partial charge >= 0.3 is 0 Å². The summed E-state index contributed by atoms with van der Waals surface area (Å²) in [4.78, 5) is 20.3. The Morgan fingerprint density at radius 3 is 2.55 bits per heavy atom. The second-order valence-corrected chi connectivity index (χ2v) is 2.05. The number of hydrogen-bond donors (Lipinski definition) is 0. The van der Waals surface area contributed by atoms with Gasteiger partial charge in [-0.2, -0.15) is 0 Å². The molecular formula is C7H5NO3. The highest BCUT2D eigenvalue weighted by molar-refractivity contribution is 6.07. The molecule has 11 heavy (non-hydrogen) atoms. The van der Waals surface area contributed by atoms with E-state index in [0.717, 1.165) is 6.08 Å². The minimum Gasteiger partial charge on any atom is -0.289 e. The molecule has 0 atom stereocenters. The summed E-state index contributed by atoms with van der Waals surface area (Å²) in [7, 11) is 0. The van der Waals surface area contributed by atoms with Crippen LogP contribution in [0.3, 0.4) is 0 Å². The Morgan fingerprint density at radius 2 is 2.09 bits per heavy atom. The van der Waals surface area contributed by atoms with Crippen LogP contribution in [-0.2, 0) is 4.79 Å². The molecule has 4 heteroatoms. The fraction of sp³-hybridized carbons (Fsp3) is 0. The molecule has 0 amide bonds. The third-order valence-electron chi connectivity index (χ3n) is 1.26. The fourth-order valence-corrected chi connectivity index (χ4v) is 0.657. The van der Waals surface area contributed by atoms with Crippen LogP contribution in [-0.4, -0.2) is 10.7 Å². The van der Waals surface area contributed by atoms with E-state index >= 15 is 0 Å². The summed E-state index contributed by atoms with van der Waals surface area (Å²) in [6, 6.07) is 0. The van der Waals surface area contributed by atoms with Gasteiger partial charge in [-0.1, -0.05) is 6.58 Å². The van der Waals surface area contributed by atoms with Crippen molar-refractivity contribution in [3.05, 3.63) is 46.2 Å². The molecule has 1 rings (SSSR count). The summed E-state index contributed by atoms with van der Waals surface area (Å²) in [6.07, 6.45) is 3.55. The molecule has 0 aromatic rings. The molecule has 56 valence electrons. The average Bonchev–Trinajstić information content (AvgIpc) is 1.94. The quantitative estimate of drug-likeness (QED) is 0.317. The molecule has 4 nitrogen and oxygen atoms in total. The molecule has 0 saturated heterocycles. The zero-order chi connectivity index (χ0) is 8.43. The monoisotopic (exact) mass is 151 g/mol. The predicted octanol–water partition coefficient (Wildman–Crippen LogP) is 0.842. The standard InChI is InChI=1S/C7H5NO3/c1-5-2-3-6(8(10)11)4-7(5)9/h2-4H,1H2. The molecule has 0 heterocycles. The summed E-state index contributed by atoms with van der Waals surface area (Å²) >= 11 is 0. The minimum absolute atomic E-state index is 0.192. The normalized spacial score (nSPS) is 16.5. The van der Waals surface area contributed by atoms with Crippen LogP contribution < -0.4 is 0 Å². The van der Waals surface area contributed by atoms with Crippen LogP contribution in [0.2, 0.25) is 0 Å². The van der Waals surface area contributed by atoms with Crippen molar-refractivity contribution < 1.29 is 9.72 Å². The lowest BCUT2D eigenvalue weighted by Gasteiger charge is -1.98. The van der Waals surface area contributed by atoms with Crippen LogP contribution in [0.25, 0.3) is 0 Å². The summed E-state index contributed by atoms with van der Waals surface area (Å²) in [5, 5.41) is 10.1. The molecule has 0 aromatic heterocycles. The van der Waals surface area contributed by atoms with Crippen LogP contribution >= 0.6 is 0 Å². The van der Waals surface area contributed by atoms with E-state index in [9.17, 15) is 14.9 Å². The molecule has 0 fully saturated rings. The Balaban J connectivity index is 2.98. The highest BCUT2D eigenvalue weighted by Gasteiger charge is 2.15. The molecular weight excluding hydrogens is 146 g/mol. The molecule has 1 aliphatic rings. The van der Waals surface area contributed by atoms with E-state index in [0.29, 0.717) is 0 Å². The molecule has 0 bridgehead atoms. The van der Waals surface area contributed by atoms with Crippen molar-refractivity contribution in [1.29, 1.82) is 0 Å². The van der Waals surface area contributed by atoms with Gasteiger partial charge in [-0.05, 0) is 6.08 Å². The molecule has 1 aliphatic carbocycles. The number of rotatable bonds is 1. The van der Waals surface area contributed by atoms with Gasteiger partial charge in [0.05, 0.1) is 11.0 Å². The Morgan fingerprint density at radius 1 is 1.45 bits per heavy atom. The third-order valence-corrected chi connectivity index (χ3v) is 1.26. The van der Waals surface area contributed by atoms with Crippen molar-refractivity contribution >= 4 is 5.78 Å². The lowest BCUT2D eigenvalue weighted by Crippen LogP contribution is -2.06. The van der Waals surface area contributed by atoms with Gasteiger partial charge in [-0.25, -0.2) is 0 Å². The maximum absolute atomic E-state index is 10.8. The number of nitro groups is 1. The average molecular weight is 151 g/mol. The van der Waals surface area contributed by atoms with Crippen molar-refractivity contribution in [3.63, 3.8) is 0 Å². The van der Waals surface area contributed by atoms with E-state index in [4.69, 9.17) is 0 Å². The number of nitrogens with zero attached hydrogens (tertiary/aromatic N) is 1. The molecule has 0 unspecified atom stereocenters. The van der Waals surface area contributed by atoms with Gasteiger partial charge in [0.15, 0.2) is 5.78 Å². The number of carbonyl (C=O) groups is 1. The number of ketones is 1. The Bertz CT molecular complexity index is 299. The number of carbonyl (C=O) groups excluding carboxylic acids is 1. The van der Waals surface area contributed by atoms with Crippen LogP contribution in [0, 0.1) is 10.1 Å². The number of hydrogen-bond acceptors (Lipinski definition) is 3. The highest BCUT2D eigenvalue weighted by Crippen LogP contribution is 2.10. The lowest BCUT2D eigenvalue weighted by atomic mass is 10.1. The van der Waals surface area contributed by atoms with Crippen molar-refractivity contribution in [1.82, 2.24) is 0 Å². The Hall–Kier alpha value is -1.71. The molecule has 0 aromatic carbocycles. The van der Waals surface area contributed by atoms with E-state index in [2.05, 4.69) is 6.58 Å². The summed E-state index contributed by atoms with van der Waals surface area (Å²) in [5.74, 6) is -0.404. The molecule has 0 saturated carbocycles. The van der Waals surface area contributed by atoms with Crippen LogP contribution in [0.1, 0.15) is 0 Å². The second kappa shape index (κ2) is 2.49. The summed E-state index contributed by atoms with van der Waals surface area (Å²) in [6.45, 7) is 3.39. The van der Waals surface area contributed by atoms with Crippen molar-refractivity contribution in [2.24, 2.45) is 0 Å². The zero-order valence-electron chi connectivity index (χ0n) is 5.61. The second-order valence-electron chi connectivity index (χ2n) is 2.05. The lowest BCUT2D eigenvalue weighted by molar-refractivity contribution is -0.419. The van der Waals surface area contributed by atoms with E-state index in [1.165, 1.54) is 12.2 Å². The highest BCUT2D eigenvalue weighted by atomic mass is 16.6. The van der Waals surface area contributed by atoms with E-state index in [-0.39, 0.29) is 11.3 Å². The summed E-state index contributed by atoms with van der Waals surface area (Å²) in [5.41, 5.74) is 0.0815. The van der Waals surface area contributed by atoms with Gasteiger partial charge in [-0.3, -0.25) is 14.9 Å². The maximum Gasteiger partial charge on any atom is 0.273 e. The van der Waals surface area contributed by atoms with Gasteiger partial charge in [0, 0.05) is 11.6 Å². The molecule has 0 spiro atoms. The largest absolute Gasteiger partial charge is 0.289 e. The Labute approximate surface area is 62.7 Å². The first-order valence-electron chi connectivity index (χ1n) is 2.88. The summed E-state index contributed by atoms with van der Waals surface area (Å²) < 4.78 is 0. The minimum atomic E-state index is -0.610. The first-order valence-corrected chi connectivity index (χ1v) is 2.88. The van der Waals surface area contributed by atoms with Crippen LogP contribution in [0.4, 0.5) is 0 Å². The predicted molar refractivity (Wildman–Crippen MR) is 38.4 cm³/mol. The van der Waals surface area contributed by atoms with E-state index < -0.39 is 10.7 Å². The topological polar surface area (TPSA) is 60.2 Å². The van der Waals surface area contributed by atoms with Crippen LogP contribution in [0.5, 0.6) is 0 Å². The smallest absolute Gasteiger partial charge is 0.273 e. The molecule has 0 N–H and O–H groups in total. The maximum atomic E-state index is 10.8. The van der Waals surface area contributed by atoms with Crippen LogP contribution in [0.15, 0.2) is 36.1 Å². The SMILES string of the molecule is C=C1C=CC([N+](=O)[O-])=CC1=O.